The molecule has 0 atom stereocenters. The molecule has 0 aliphatic heterocycles. The first kappa shape index (κ1) is 19.6. The van der Waals surface area contributed by atoms with E-state index in [1.54, 1.807) is 5.38 Å². The lowest BCUT2D eigenvalue weighted by Crippen LogP contribution is -2.14. The van der Waals surface area contributed by atoms with Crippen molar-refractivity contribution in [2.75, 3.05) is 5.43 Å². The van der Waals surface area contributed by atoms with Gasteiger partial charge in [0.15, 0.2) is 0 Å². The summed E-state index contributed by atoms with van der Waals surface area (Å²) < 4.78 is 43.5. The van der Waals surface area contributed by atoms with Crippen LogP contribution in [0.5, 0.6) is 5.75 Å². The average molecular weight is 409 g/mol. The molecule has 0 saturated carbocycles. The van der Waals surface area contributed by atoms with Crippen molar-refractivity contribution in [3.05, 3.63) is 63.0 Å². The molecule has 0 aliphatic carbocycles. The lowest BCUT2D eigenvalue weighted by atomic mass is 10.1. The second kappa shape index (κ2) is 7.47. The Morgan fingerprint density at radius 2 is 2.07 bits per heavy atom. The summed E-state index contributed by atoms with van der Waals surface area (Å²) in [5.74, 6) is -0.00162. The minimum absolute atomic E-state index is 0.0900. The van der Waals surface area contributed by atoms with Gasteiger partial charge in [-0.1, -0.05) is 12.1 Å². The van der Waals surface area contributed by atoms with E-state index in [0.29, 0.717) is 16.4 Å². The maximum atomic E-state index is 12.8. The lowest BCUT2D eigenvalue weighted by Gasteiger charge is -2.07. The smallest absolute Gasteiger partial charge is 0.416 e. The van der Waals surface area contributed by atoms with Gasteiger partial charge in [-0.3, -0.25) is 5.43 Å². The van der Waals surface area contributed by atoms with E-state index in [4.69, 9.17) is 4.42 Å². The third kappa shape index (κ3) is 4.22. The highest BCUT2D eigenvalue weighted by Gasteiger charge is 2.30. The fourth-order valence-electron chi connectivity index (χ4n) is 2.43. The van der Waals surface area contributed by atoms with E-state index in [9.17, 15) is 23.1 Å². The van der Waals surface area contributed by atoms with E-state index >= 15 is 0 Å². The maximum Gasteiger partial charge on any atom is 0.416 e. The summed E-state index contributed by atoms with van der Waals surface area (Å²) in [6.45, 7) is 3.02. The second-order valence-electron chi connectivity index (χ2n) is 5.83. The minimum Gasteiger partial charge on any atom is -0.507 e. The van der Waals surface area contributed by atoms with Gasteiger partial charge in [0.1, 0.15) is 17.1 Å². The van der Waals surface area contributed by atoms with Crippen LogP contribution in [0.2, 0.25) is 0 Å². The molecule has 1 aromatic carbocycles. The molecule has 2 heterocycles. The number of aromatic nitrogens is 1. The number of aryl methyl sites for hydroxylation is 1. The van der Waals surface area contributed by atoms with Crippen LogP contribution in [0.1, 0.15) is 23.8 Å². The molecule has 3 rings (SSSR count). The highest BCUT2D eigenvalue weighted by molar-refractivity contribution is 7.14. The Kier molecular flexibility index (Phi) is 5.23. The van der Waals surface area contributed by atoms with Crippen molar-refractivity contribution in [2.45, 2.75) is 20.0 Å². The number of nitrogens with one attached hydrogen (secondary N) is 1. The Labute approximate surface area is 161 Å². The van der Waals surface area contributed by atoms with Gasteiger partial charge in [0.2, 0.25) is 5.13 Å². The number of benzene rings is 1. The molecule has 28 heavy (non-hydrogen) atoms. The highest BCUT2D eigenvalue weighted by atomic mass is 32.1. The molecule has 10 heteroatoms. The Bertz CT molecular complexity index is 1100. The topological polar surface area (TPSA) is 87.7 Å². The van der Waals surface area contributed by atoms with E-state index < -0.39 is 17.4 Å². The molecule has 0 saturated heterocycles. The molecule has 0 bridgehead atoms. The average Bonchev–Trinajstić information content (AvgIpc) is 3.07. The predicted octanol–water partition coefficient (Wildman–Crippen LogP) is 4.63. The minimum atomic E-state index is -4.44. The third-order valence-corrected chi connectivity index (χ3v) is 4.47. The van der Waals surface area contributed by atoms with E-state index in [2.05, 4.69) is 15.5 Å². The van der Waals surface area contributed by atoms with E-state index in [0.717, 1.165) is 23.5 Å². The van der Waals surface area contributed by atoms with Gasteiger partial charge in [-0.25, -0.2) is 9.78 Å². The molecule has 2 N–H and O–H groups in total. The predicted molar refractivity (Wildman–Crippen MR) is 99.8 cm³/mol. The van der Waals surface area contributed by atoms with Crippen LogP contribution in [0, 0.1) is 6.92 Å². The molecule has 0 aliphatic rings. The summed E-state index contributed by atoms with van der Waals surface area (Å²) in [6, 6.07) is 6.14. The zero-order valence-corrected chi connectivity index (χ0v) is 15.5. The summed E-state index contributed by atoms with van der Waals surface area (Å²) in [7, 11) is 0. The molecule has 0 spiro atoms. The first-order chi connectivity index (χ1) is 13.1. The quantitative estimate of drug-likeness (QED) is 0.485. The molecular formula is C18H14F3N3O3S. The van der Waals surface area contributed by atoms with Gasteiger partial charge in [0, 0.05) is 17.0 Å². The monoisotopic (exact) mass is 409 g/mol. The van der Waals surface area contributed by atoms with E-state index in [1.807, 2.05) is 0 Å². The molecule has 2 aromatic heterocycles. The van der Waals surface area contributed by atoms with Crippen LogP contribution < -0.4 is 11.1 Å². The number of halogens is 3. The third-order valence-electron chi connectivity index (χ3n) is 3.72. The Morgan fingerprint density at radius 1 is 1.32 bits per heavy atom. The molecule has 0 unspecified atom stereocenters. The standard InChI is InChI=1S/C18H14F3N3O3S/c1-9-6-14(25)15(16(26)27-9)10(2)23-24-17-22-13(8-28-17)11-4-3-5-12(7-11)18(19,20)21/h3-8,25H,1-2H3,(H,22,24). The molecule has 3 aromatic rings. The van der Waals surface area contributed by atoms with Crippen molar-refractivity contribution in [1.82, 2.24) is 4.98 Å². The normalized spacial score (nSPS) is 12.2. The summed E-state index contributed by atoms with van der Waals surface area (Å²) in [5.41, 5.74) is 1.88. The Hall–Kier alpha value is -3.14. The van der Waals surface area contributed by atoms with Crippen LogP contribution in [0.3, 0.4) is 0 Å². The number of rotatable bonds is 4. The highest BCUT2D eigenvalue weighted by Crippen LogP contribution is 2.33. The SMILES string of the molecule is CC(=NNc1nc(-c2cccc(C(F)(F)F)c2)cs1)c1c(O)cc(C)oc1=O. The summed E-state index contributed by atoms with van der Waals surface area (Å²) in [5, 5.41) is 15.8. The van der Waals surface area contributed by atoms with Gasteiger partial charge in [-0.2, -0.15) is 18.3 Å². The van der Waals surface area contributed by atoms with E-state index in [1.165, 1.54) is 32.0 Å². The zero-order valence-electron chi connectivity index (χ0n) is 14.7. The van der Waals surface area contributed by atoms with Crippen molar-refractivity contribution in [3.8, 4) is 17.0 Å². The number of hydrazone groups is 1. The van der Waals surface area contributed by atoms with Gasteiger partial charge >= 0.3 is 11.8 Å². The molecule has 6 nitrogen and oxygen atoms in total. The molecular weight excluding hydrogens is 395 g/mol. The largest absolute Gasteiger partial charge is 0.507 e. The fraction of sp³-hybridized carbons (Fsp3) is 0.167. The summed E-state index contributed by atoms with van der Waals surface area (Å²) in [6.07, 6.45) is -4.44. The number of alkyl halides is 3. The number of thiazole rings is 1. The molecule has 0 fully saturated rings. The molecule has 0 amide bonds. The number of aromatic hydroxyl groups is 1. The van der Waals surface area contributed by atoms with Crippen molar-refractivity contribution in [2.24, 2.45) is 5.10 Å². The number of hydrogen-bond acceptors (Lipinski definition) is 7. The number of nitrogens with zero attached hydrogens (tertiary/aromatic N) is 2. The van der Waals surface area contributed by atoms with Crippen LogP contribution in [0.4, 0.5) is 18.3 Å². The number of anilines is 1. The van der Waals surface area contributed by atoms with Gasteiger partial charge in [-0.15, -0.1) is 11.3 Å². The first-order valence-corrected chi connectivity index (χ1v) is 8.80. The van der Waals surface area contributed by atoms with Crippen molar-refractivity contribution >= 4 is 22.2 Å². The Balaban J connectivity index is 1.82. The van der Waals surface area contributed by atoms with Crippen LogP contribution in [0.25, 0.3) is 11.3 Å². The summed E-state index contributed by atoms with van der Waals surface area (Å²) in [4.78, 5) is 16.1. The fourth-order valence-corrected chi connectivity index (χ4v) is 3.09. The van der Waals surface area contributed by atoms with Gasteiger partial charge in [0.05, 0.1) is 17.0 Å². The maximum absolute atomic E-state index is 12.8. The lowest BCUT2D eigenvalue weighted by molar-refractivity contribution is -0.137. The summed E-state index contributed by atoms with van der Waals surface area (Å²) >= 11 is 1.13. The van der Waals surface area contributed by atoms with Crippen LogP contribution in [-0.2, 0) is 6.18 Å². The molecule has 0 radical (unpaired) electrons. The Morgan fingerprint density at radius 3 is 2.75 bits per heavy atom. The first-order valence-electron chi connectivity index (χ1n) is 7.92. The van der Waals surface area contributed by atoms with Crippen LogP contribution in [-0.4, -0.2) is 15.8 Å². The van der Waals surface area contributed by atoms with Gasteiger partial charge in [-0.05, 0) is 26.0 Å². The van der Waals surface area contributed by atoms with E-state index in [-0.39, 0.29) is 22.8 Å². The van der Waals surface area contributed by atoms with Gasteiger partial charge in [0.25, 0.3) is 0 Å². The van der Waals surface area contributed by atoms with Gasteiger partial charge < -0.3 is 9.52 Å². The number of hydrogen-bond donors (Lipinski definition) is 2. The van der Waals surface area contributed by atoms with Crippen LogP contribution in [0.15, 0.2) is 50.0 Å². The van der Waals surface area contributed by atoms with Crippen molar-refractivity contribution in [3.63, 3.8) is 0 Å². The van der Waals surface area contributed by atoms with Crippen LogP contribution >= 0.6 is 11.3 Å². The van der Waals surface area contributed by atoms with Crippen molar-refractivity contribution < 1.29 is 22.7 Å². The zero-order chi connectivity index (χ0) is 20.5. The molecule has 146 valence electrons. The van der Waals surface area contributed by atoms with Crippen molar-refractivity contribution in [1.29, 1.82) is 0 Å². The second-order valence-corrected chi connectivity index (χ2v) is 6.69.